The number of nitrogens with one attached hydrogen (secondary N) is 2. The molecule has 0 saturated heterocycles. The number of aryl methyl sites for hydroxylation is 1. The summed E-state index contributed by atoms with van der Waals surface area (Å²) >= 11 is 0. The van der Waals surface area contributed by atoms with Crippen LogP contribution in [0.5, 0.6) is 0 Å². The number of rotatable bonds is 4. The van der Waals surface area contributed by atoms with E-state index in [0.29, 0.717) is 19.0 Å². The Morgan fingerprint density at radius 2 is 2.10 bits per heavy atom. The number of aliphatic imine (C=N–C) groups is 1. The third-order valence-corrected chi connectivity index (χ3v) is 2.79. The summed E-state index contributed by atoms with van der Waals surface area (Å²) in [6, 6.07) is 6.45. The van der Waals surface area contributed by atoms with Crippen LogP contribution in [0.25, 0.3) is 0 Å². The molecule has 0 radical (unpaired) electrons. The predicted octanol–water partition coefficient (Wildman–Crippen LogP) is 1.44. The fraction of sp³-hybridized carbons (Fsp3) is 0.308. The van der Waals surface area contributed by atoms with E-state index in [1.807, 2.05) is 17.7 Å². The van der Waals surface area contributed by atoms with Crippen LogP contribution in [0.2, 0.25) is 0 Å². The van der Waals surface area contributed by atoms with Crippen molar-refractivity contribution in [1.29, 1.82) is 0 Å². The lowest BCUT2D eigenvalue weighted by atomic mass is 10.2. The molecule has 0 aliphatic rings. The molecule has 0 aliphatic carbocycles. The van der Waals surface area contributed by atoms with Gasteiger partial charge in [-0.3, -0.25) is 4.99 Å². The maximum absolute atomic E-state index is 13.1. The Labute approximate surface area is 139 Å². The first kappa shape index (κ1) is 17.3. The van der Waals surface area contributed by atoms with Crippen molar-refractivity contribution in [3.05, 3.63) is 47.8 Å². The Hall–Kier alpha value is -1.71. The smallest absolute Gasteiger partial charge is 0.191 e. The van der Waals surface area contributed by atoms with Gasteiger partial charge in [-0.05, 0) is 17.7 Å². The van der Waals surface area contributed by atoms with Gasteiger partial charge in [0.05, 0.1) is 6.54 Å². The number of aromatic nitrogens is 3. The molecule has 0 spiro atoms. The van der Waals surface area contributed by atoms with E-state index >= 15 is 0 Å². The zero-order chi connectivity index (χ0) is 14.4. The fourth-order valence-corrected chi connectivity index (χ4v) is 1.68. The largest absolute Gasteiger partial charge is 0.352 e. The summed E-state index contributed by atoms with van der Waals surface area (Å²) in [6.07, 6.45) is 1.64. The van der Waals surface area contributed by atoms with E-state index in [-0.39, 0.29) is 29.8 Å². The lowest BCUT2D eigenvalue weighted by molar-refractivity contribution is 0.624. The number of hydrogen-bond acceptors (Lipinski definition) is 3. The number of nitrogens with zero attached hydrogens (tertiary/aromatic N) is 4. The zero-order valence-corrected chi connectivity index (χ0v) is 14.2. The summed E-state index contributed by atoms with van der Waals surface area (Å²) in [5, 5.41) is 14.0. The highest BCUT2D eigenvalue weighted by molar-refractivity contribution is 14.0. The average molecular weight is 404 g/mol. The third-order valence-electron chi connectivity index (χ3n) is 2.79. The van der Waals surface area contributed by atoms with Crippen molar-refractivity contribution < 1.29 is 4.39 Å². The van der Waals surface area contributed by atoms with Crippen molar-refractivity contribution in [2.45, 2.75) is 13.1 Å². The number of guanidine groups is 1. The minimum atomic E-state index is -0.244. The van der Waals surface area contributed by atoms with Crippen LogP contribution >= 0.6 is 24.0 Å². The topological polar surface area (TPSA) is 67.1 Å². The van der Waals surface area contributed by atoms with Crippen molar-refractivity contribution in [2.24, 2.45) is 12.0 Å². The van der Waals surface area contributed by atoms with Gasteiger partial charge in [-0.1, -0.05) is 12.1 Å². The van der Waals surface area contributed by atoms with E-state index in [2.05, 4.69) is 25.8 Å². The van der Waals surface area contributed by atoms with Crippen molar-refractivity contribution in [1.82, 2.24) is 25.4 Å². The maximum atomic E-state index is 13.1. The zero-order valence-electron chi connectivity index (χ0n) is 11.9. The van der Waals surface area contributed by atoms with Crippen LogP contribution in [0, 0.1) is 5.82 Å². The summed E-state index contributed by atoms with van der Waals surface area (Å²) in [5.41, 5.74) is 0.853. The van der Waals surface area contributed by atoms with E-state index in [0.717, 1.165) is 11.4 Å². The van der Waals surface area contributed by atoms with E-state index in [9.17, 15) is 4.39 Å². The Kier molecular flexibility index (Phi) is 7.06. The molecule has 6 nitrogen and oxygen atoms in total. The summed E-state index contributed by atoms with van der Waals surface area (Å²) in [6.45, 7) is 1.01. The fourth-order valence-electron chi connectivity index (χ4n) is 1.68. The Bertz CT molecular complexity index is 598. The Morgan fingerprint density at radius 3 is 2.71 bits per heavy atom. The second-order valence-corrected chi connectivity index (χ2v) is 4.27. The molecule has 1 heterocycles. The first-order valence-electron chi connectivity index (χ1n) is 6.21. The van der Waals surface area contributed by atoms with Gasteiger partial charge in [0, 0.05) is 20.6 Å². The minimum absolute atomic E-state index is 0. The molecule has 1 aromatic heterocycles. The first-order chi connectivity index (χ1) is 9.69. The SMILES string of the molecule is CN=C(NCc1cccc(F)c1)NCc1nncn1C.I. The molecular formula is C13H18FIN6. The maximum Gasteiger partial charge on any atom is 0.191 e. The van der Waals surface area contributed by atoms with Crippen LogP contribution in [-0.4, -0.2) is 27.8 Å². The van der Waals surface area contributed by atoms with Gasteiger partial charge in [0.2, 0.25) is 0 Å². The van der Waals surface area contributed by atoms with Crippen molar-refractivity contribution in [3.63, 3.8) is 0 Å². The standard InChI is InChI=1S/C13H17FN6.HI/c1-15-13(17-8-12-19-18-9-20(12)2)16-7-10-4-3-5-11(14)6-10;/h3-6,9H,7-8H2,1-2H3,(H2,15,16,17);1H. The molecule has 21 heavy (non-hydrogen) atoms. The second-order valence-electron chi connectivity index (χ2n) is 4.27. The first-order valence-corrected chi connectivity index (χ1v) is 6.21. The van der Waals surface area contributed by atoms with Crippen LogP contribution in [0.15, 0.2) is 35.6 Å². The van der Waals surface area contributed by atoms with Gasteiger partial charge in [-0.15, -0.1) is 34.2 Å². The molecule has 2 aromatic rings. The van der Waals surface area contributed by atoms with Crippen molar-refractivity contribution in [2.75, 3.05) is 7.05 Å². The summed E-state index contributed by atoms with van der Waals surface area (Å²) < 4.78 is 14.9. The predicted molar refractivity (Wildman–Crippen MR) is 89.9 cm³/mol. The quantitative estimate of drug-likeness (QED) is 0.460. The highest BCUT2D eigenvalue weighted by Crippen LogP contribution is 2.02. The average Bonchev–Trinajstić information content (AvgIpc) is 2.85. The summed E-state index contributed by atoms with van der Waals surface area (Å²) in [4.78, 5) is 4.10. The molecule has 0 fully saturated rings. The number of benzene rings is 1. The molecule has 0 amide bonds. The minimum Gasteiger partial charge on any atom is -0.352 e. The number of halogens is 2. The monoisotopic (exact) mass is 404 g/mol. The van der Waals surface area contributed by atoms with Crippen molar-refractivity contribution >= 4 is 29.9 Å². The lowest BCUT2D eigenvalue weighted by Gasteiger charge is -2.11. The highest BCUT2D eigenvalue weighted by Gasteiger charge is 2.03. The van der Waals surface area contributed by atoms with Gasteiger partial charge in [0.1, 0.15) is 12.1 Å². The van der Waals surface area contributed by atoms with Crippen LogP contribution in [0.1, 0.15) is 11.4 Å². The molecular weight excluding hydrogens is 386 g/mol. The molecule has 1 aromatic carbocycles. The van der Waals surface area contributed by atoms with Gasteiger partial charge < -0.3 is 15.2 Å². The third kappa shape index (κ3) is 5.29. The normalized spacial score (nSPS) is 10.9. The van der Waals surface area contributed by atoms with Crippen LogP contribution in [-0.2, 0) is 20.1 Å². The molecule has 0 unspecified atom stereocenters. The van der Waals surface area contributed by atoms with Crippen LogP contribution < -0.4 is 10.6 Å². The molecule has 2 rings (SSSR count). The van der Waals surface area contributed by atoms with Crippen molar-refractivity contribution in [3.8, 4) is 0 Å². The van der Waals surface area contributed by atoms with Crippen LogP contribution in [0.3, 0.4) is 0 Å². The van der Waals surface area contributed by atoms with E-state index in [1.165, 1.54) is 12.1 Å². The lowest BCUT2D eigenvalue weighted by Crippen LogP contribution is -2.36. The molecule has 0 bridgehead atoms. The van der Waals surface area contributed by atoms with Gasteiger partial charge in [0.25, 0.3) is 0 Å². The van der Waals surface area contributed by atoms with Crippen LogP contribution in [0.4, 0.5) is 4.39 Å². The summed E-state index contributed by atoms with van der Waals surface area (Å²) in [5.74, 6) is 1.18. The van der Waals surface area contributed by atoms with E-state index in [1.54, 1.807) is 19.4 Å². The van der Waals surface area contributed by atoms with Gasteiger partial charge in [0.15, 0.2) is 11.8 Å². The van der Waals surface area contributed by atoms with E-state index in [4.69, 9.17) is 0 Å². The molecule has 2 N–H and O–H groups in total. The molecule has 114 valence electrons. The Morgan fingerprint density at radius 1 is 1.33 bits per heavy atom. The highest BCUT2D eigenvalue weighted by atomic mass is 127. The second kappa shape index (κ2) is 8.55. The molecule has 0 atom stereocenters. The van der Waals surface area contributed by atoms with Gasteiger partial charge >= 0.3 is 0 Å². The Balaban J connectivity index is 0.00000220. The van der Waals surface area contributed by atoms with Gasteiger partial charge in [-0.2, -0.15) is 0 Å². The van der Waals surface area contributed by atoms with Gasteiger partial charge in [-0.25, -0.2) is 4.39 Å². The molecule has 8 heteroatoms. The van der Waals surface area contributed by atoms with E-state index < -0.39 is 0 Å². The summed E-state index contributed by atoms with van der Waals surface area (Å²) in [7, 11) is 3.55. The molecule has 0 aliphatic heterocycles. The molecule has 0 saturated carbocycles. The number of hydrogen-bond donors (Lipinski definition) is 2.